The number of aryl methyl sites for hydroxylation is 1. The van der Waals surface area contributed by atoms with E-state index >= 15 is 0 Å². The van der Waals surface area contributed by atoms with E-state index in [9.17, 15) is 9.00 Å². The first kappa shape index (κ1) is 20.3. The van der Waals surface area contributed by atoms with Gasteiger partial charge >= 0.3 is 0 Å². The Morgan fingerprint density at radius 3 is 2.20 bits per heavy atom. The van der Waals surface area contributed by atoms with Gasteiger partial charge < -0.3 is 14.1 Å². The van der Waals surface area contributed by atoms with Gasteiger partial charge in [-0.05, 0) is 29.2 Å². The standard InChI is InChI=1S/C25H22O4S/c1-2-17-7-11-19(12-8-17)24-22(15-26)21-5-3-4-6-23(21)29-25(24)20-13-9-18(10-14-20)16-30(27)28/h3-15,22H,2,16H2,1H3,(H,27,28). The number of hydrogen-bond acceptors (Lipinski definition) is 3. The van der Waals surface area contributed by atoms with Gasteiger partial charge in [0.2, 0.25) is 0 Å². The normalized spacial score (nSPS) is 16.5. The molecule has 0 amide bonds. The van der Waals surface area contributed by atoms with E-state index in [0.717, 1.165) is 40.5 Å². The second-order valence-corrected chi connectivity index (χ2v) is 8.14. The number of hydrogen-bond donors (Lipinski definition) is 1. The summed E-state index contributed by atoms with van der Waals surface area (Å²) in [6.07, 6.45) is 1.91. The molecule has 0 saturated heterocycles. The molecule has 4 nitrogen and oxygen atoms in total. The molecule has 0 aromatic heterocycles. The van der Waals surface area contributed by atoms with E-state index in [-0.39, 0.29) is 5.75 Å². The fraction of sp³-hybridized carbons (Fsp3) is 0.160. The monoisotopic (exact) mass is 418 g/mol. The van der Waals surface area contributed by atoms with Crippen LogP contribution >= 0.6 is 0 Å². The molecule has 1 aliphatic rings. The Labute approximate surface area is 178 Å². The second kappa shape index (κ2) is 8.78. The van der Waals surface area contributed by atoms with Gasteiger partial charge in [0.1, 0.15) is 17.8 Å². The second-order valence-electron chi connectivity index (χ2n) is 7.21. The third kappa shape index (κ3) is 3.99. The first-order valence-corrected chi connectivity index (χ1v) is 11.1. The van der Waals surface area contributed by atoms with Gasteiger partial charge in [-0.1, -0.05) is 73.7 Å². The molecule has 1 heterocycles. The van der Waals surface area contributed by atoms with Crippen LogP contribution in [0.1, 0.15) is 40.7 Å². The van der Waals surface area contributed by atoms with Gasteiger partial charge in [-0.3, -0.25) is 0 Å². The van der Waals surface area contributed by atoms with Gasteiger partial charge in [-0.25, -0.2) is 4.21 Å². The minimum atomic E-state index is -1.89. The van der Waals surface area contributed by atoms with Crippen molar-refractivity contribution in [3.8, 4) is 5.75 Å². The van der Waals surface area contributed by atoms with E-state index in [2.05, 4.69) is 19.1 Å². The van der Waals surface area contributed by atoms with Gasteiger partial charge in [0.15, 0.2) is 11.1 Å². The van der Waals surface area contributed by atoms with Crippen molar-refractivity contribution in [2.75, 3.05) is 0 Å². The molecule has 30 heavy (non-hydrogen) atoms. The van der Waals surface area contributed by atoms with Gasteiger partial charge in [-0.15, -0.1) is 0 Å². The van der Waals surface area contributed by atoms with Crippen LogP contribution in [0, 0.1) is 0 Å². The number of benzene rings is 3. The zero-order chi connectivity index (χ0) is 21.1. The quantitative estimate of drug-likeness (QED) is 0.441. The first-order valence-electron chi connectivity index (χ1n) is 9.83. The van der Waals surface area contributed by atoms with Crippen LogP contribution in [0.25, 0.3) is 11.3 Å². The van der Waals surface area contributed by atoms with E-state index < -0.39 is 17.0 Å². The highest BCUT2D eigenvalue weighted by Crippen LogP contribution is 2.45. The molecule has 3 aromatic rings. The predicted molar refractivity (Wildman–Crippen MR) is 119 cm³/mol. The van der Waals surface area contributed by atoms with Crippen molar-refractivity contribution < 1.29 is 18.3 Å². The molecular formula is C25H22O4S. The lowest BCUT2D eigenvalue weighted by atomic mass is 9.83. The molecule has 0 saturated carbocycles. The summed E-state index contributed by atoms with van der Waals surface area (Å²) in [6, 6.07) is 23.2. The van der Waals surface area contributed by atoms with Crippen LogP contribution in [-0.4, -0.2) is 15.0 Å². The summed E-state index contributed by atoms with van der Waals surface area (Å²) in [6.45, 7) is 2.11. The Morgan fingerprint density at radius 1 is 0.933 bits per heavy atom. The van der Waals surface area contributed by atoms with E-state index in [0.29, 0.717) is 11.5 Å². The lowest BCUT2D eigenvalue weighted by Gasteiger charge is -2.28. The van der Waals surface area contributed by atoms with Crippen LogP contribution < -0.4 is 4.74 Å². The average molecular weight is 419 g/mol. The number of aldehydes is 1. The lowest BCUT2D eigenvalue weighted by Crippen LogP contribution is -2.15. The van der Waals surface area contributed by atoms with Crippen molar-refractivity contribution in [2.24, 2.45) is 0 Å². The number of para-hydroxylation sites is 1. The summed E-state index contributed by atoms with van der Waals surface area (Å²) >= 11 is -1.89. The molecule has 2 atom stereocenters. The maximum Gasteiger partial charge on any atom is 0.157 e. The fourth-order valence-corrected chi connectivity index (χ4v) is 4.25. The van der Waals surface area contributed by atoms with Crippen LogP contribution in [-0.2, 0) is 28.0 Å². The minimum Gasteiger partial charge on any atom is -0.456 e. The number of ether oxygens (including phenoxy) is 1. The van der Waals surface area contributed by atoms with Crippen molar-refractivity contribution in [1.29, 1.82) is 0 Å². The third-order valence-electron chi connectivity index (χ3n) is 5.34. The Bertz CT molecular complexity index is 1110. The van der Waals surface area contributed by atoms with Crippen molar-refractivity contribution in [3.05, 3.63) is 101 Å². The Kier molecular flexibility index (Phi) is 5.93. The molecule has 0 spiro atoms. The summed E-state index contributed by atoms with van der Waals surface area (Å²) in [7, 11) is 0. The molecule has 0 fully saturated rings. The number of rotatable bonds is 6. The Balaban J connectivity index is 1.87. The van der Waals surface area contributed by atoms with Crippen LogP contribution in [0.5, 0.6) is 5.75 Å². The van der Waals surface area contributed by atoms with Crippen molar-refractivity contribution in [3.63, 3.8) is 0 Å². The van der Waals surface area contributed by atoms with Crippen molar-refractivity contribution in [1.82, 2.24) is 0 Å². The molecule has 152 valence electrons. The topological polar surface area (TPSA) is 63.6 Å². The highest BCUT2D eigenvalue weighted by molar-refractivity contribution is 7.78. The molecule has 3 aromatic carbocycles. The van der Waals surface area contributed by atoms with Gasteiger partial charge in [0.25, 0.3) is 0 Å². The number of fused-ring (bicyclic) bond motifs is 1. The minimum absolute atomic E-state index is 0.0747. The lowest BCUT2D eigenvalue weighted by molar-refractivity contribution is -0.108. The van der Waals surface area contributed by atoms with Crippen molar-refractivity contribution in [2.45, 2.75) is 25.0 Å². The highest BCUT2D eigenvalue weighted by atomic mass is 32.2. The molecule has 4 rings (SSSR count). The SMILES string of the molecule is CCc1ccc(C2=C(c3ccc(CS(=O)O)cc3)Oc3ccccc3C2C=O)cc1. The number of allylic oxidation sites excluding steroid dienone is 1. The van der Waals surface area contributed by atoms with Crippen molar-refractivity contribution >= 4 is 28.7 Å². The first-order chi connectivity index (χ1) is 14.6. The zero-order valence-corrected chi connectivity index (χ0v) is 17.4. The van der Waals surface area contributed by atoms with Crippen LogP contribution in [0.3, 0.4) is 0 Å². The summed E-state index contributed by atoms with van der Waals surface area (Å²) in [4.78, 5) is 12.2. The number of carbonyl (C=O) groups excluding carboxylic acids is 1. The molecule has 0 aliphatic carbocycles. The average Bonchev–Trinajstić information content (AvgIpc) is 2.78. The fourth-order valence-electron chi connectivity index (χ4n) is 3.77. The van der Waals surface area contributed by atoms with E-state index in [4.69, 9.17) is 9.29 Å². The third-order valence-corrected chi connectivity index (χ3v) is 5.92. The molecular weight excluding hydrogens is 396 g/mol. The number of carbonyl (C=O) groups is 1. The summed E-state index contributed by atoms with van der Waals surface area (Å²) in [5.41, 5.74) is 5.41. The largest absolute Gasteiger partial charge is 0.456 e. The van der Waals surface area contributed by atoms with Crippen LogP contribution in [0.15, 0.2) is 72.8 Å². The Hall–Kier alpha value is -3.02. The van der Waals surface area contributed by atoms with Gasteiger partial charge in [0, 0.05) is 16.7 Å². The van der Waals surface area contributed by atoms with Crippen LogP contribution in [0.4, 0.5) is 0 Å². The molecule has 0 bridgehead atoms. The van der Waals surface area contributed by atoms with E-state index in [1.54, 1.807) is 0 Å². The summed E-state index contributed by atoms with van der Waals surface area (Å²) in [5.74, 6) is 0.929. The molecule has 0 radical (unpaired) electrons. The van der Waals surface area contributed by atoms with Gasteiger partial charge in [0.05, 0.1) is 11.7 Å². The van der Waals surface area contributed by atoms with Gasteiger partial charge in [-0.2, -0.15) is 0 Å². The van der Waals surface area contributed by atoms with E-state index in [1.807, 2.05) is 60.7 Å². The smallest absolute Gasteiger partial charge is 0.157 e. The summed E-state index contributed by atoms with van der Waals surface area (Å²) in [5, 5.41) is 0. The molecule has 2 unspecified atom stereocenters. The van der Waals surface area contributed by atoms with Crippen LogP contribution in [0.2, 0.25) is 0 Å². The molecule has 5 heteroatoms. The maximum absolute atomic E-state index is 12.2. The Morgan fingerprint density at radius 2 is 1.57 bits per heavy atom. The highest BCUT2D eigenvalue weighted by Gasteiger charge is 2.31. The summed E-state index contributed by atoms with van der Waals surface area (Å²) < 4.78 is 26.5. The molecule has 1 aliphatic heterocycles. The maximum atomic E-state index is 12.2. The predicted octanol–water partition coefficient (Wildman–Crippen LogP) is 5.21. The van der Waals surface area contributed by atoms with E-state index in [1.165, 1.54) is 5.56 Å². The molecule has 1 N–H and O–H groups in total. The zero-order valence-electron chi connectivity index (χ0n) is 16.6.